The number of hydrogen-bond donors (Lipinski definition) is 4. The first-order chi connectivity index (χ1) is 37.4. The number of nitrogens with one attached hydrogen (secondary N) is 3. The van der Waals surface area contributed by atoms with Gasteiger partial charge in [0.25, 0.3) is 0 Å². The van der Waals surface area contributed by atoms with Crippen LogP contribution in [0.1, 0.15) is 134 Å². The Morgan fingerprint density at radius 3 is 2.14 bits per heavy atom. The third-order valence-electron chi connectivity index (χ3n) is 15.2. The number of ketones is 1. The minimum Gasteiger partial charge on any atom is -0.497 e. The second kappa shape index (κ2) is 29.6. The van der Waals surface area contributed by atoms with E-state index in [4.69, 9.17) is 18.9 Å². The molecule has 0 spiro atoms. The van der Waals surface area contributed by atoms with Crippen molar-refractivity contribution in [1.29, 1.82) is 0 Å². The maximum absolute atomic E-state index is 15.1. The predicted molar refractivity (Wildman–Crippen MR) is 300 cm³/mol. The molecule has 21 heteroatoms. The van der Waals surface area contributed by atoms with Crippen LogP contribution in [0.4, 0.5) is 4.79 Å². The average molecular weight is 1120 g/mol. The second-order valence-corrected chi connectivity index (χ2v) is 24.2. The highest BCUT2D eigenvalue weighted by Gasteiger charge is 2.45. The van der Waals surface area contributed by atoms with Crippen LogP contribution in [0.2, 0.25) is 0 Å². The Morgan fingerprint density at radius 1 is 0.912 bits per heavy atom. The first-order valence-electron chi connectivity index (χ1n) is 28.5. The quantitative estimate of drug-likeness (QED) is 0.0811. The molecule has 448 valence electrons. The minimum atomic E-state index is -1.65. The first kappa shape index (κ1) is 66.4. The van der Waals surface area contributed by atoms with Gasteiger partial charge in [0, 0.05) is 33.1 Å². The van der Waals surface area contributed by atoms with E-state index in [9.17, 15) is 43.5 Å². The topological polar surface area (TPSA) is 260 Å². The Morgan fingerprint density at radius 2 is 1.56 bits per heavy atom. The summed E-state index contributed by atoms with van der Waals surface area (Å²) in [6.45, 7) is 23.2. The Bertz CT molecular complexity index is 2350. The number of nitrogens with zero attached hydrogens (tertiary/aromatic N) is 4. The SMILES string of the molecule is CC[C@H](C)[C@H]1NC(=O)[C@@H](NC(=O)[C@@H](CC(C)C)N(C)C[C@@H]2C=CCN2C(=O)OC(C)(C)C)[C@@H](C)OC(=O)[C@H](Cc2ccc(OC)cc2)N(C)C(=O)[C@@H]2CCCN2C(=O)[C@H](CC(C)C)NC(=O)[C@@H](C)C(=O)[C@H](C(C)C)OC(=O)C[C@@H]1O. The number of amides is 6. The van der Waals surface area contributed by atoms with Gasteiger partial charge in [-0.3, -0.25) is 43.4 Å². The maximum Gasteiger partial charge on any atom is 0.411 e. The van der Waals surface area contributed by atoms with Crippen molar-refractivity contribution in [3.63, 3.8) is 0 Å². The zero-order chi connectivity index (χ0) is 60.1. The molecule has 1 aromatic rings. The van der Waals surface area contributed by atoms with Gasteiger partial charge in [-0.1, -0.05) is 86.1 Å². The highest BCUT2D eigenvalue weighted by molar-refractivity contribution is 6.05. The number of hydrogen-bond acceptors (Lipinski definition) is 15. The lowest BCUT2D eigenvalue weighted by atomic mass is 9.91. The van der Waals surface area contributed by atoms with Crippen LogP contribution < -0.4 is 20.7 Å². The van der Waals surface area contributed by atoms with Gasteiger partial charge in [-0.05, 0) is 109 Å². The van der Waals surface area contributed by atoms with Crippen LogP contribution in [-0.2, 0) is 59.0 Å². The first-order valence-corrected chi connectivity index (χ1v) is 28.5. The standard InChI is InChI=1S/C59H93N7O14/c1-17-36(8)48-46(67)31-47(68)79-51(35(6)7)50(69)37(9)52(70)60-42(28-33(2)3)55(73)66-27-19-21-43(66)56(74)64(15)45(30-39-22-24-41(77-16)25-23-39)57(75)78-38(10)49(54(72)61-48)62-53(71)44(29-34(4)5)63(14)32-40-20-18-26-65(40)58(76)80-59(11,12)13/h18,20,22-25,33-38,40,42-46,48-49,51,67H,17,19,21,26-32H2,1-16H3,(H,60,70)(H,61,72)(H,62,71)/t36-,37-,38+,40-,42-,43-,44+,45-,46-,48+,49-,51-/m0/s1. The molecule has 0 unspecified atom stereocenters. The fourth-order valence-electron chi connectivity index (χ4n) is 10.3. The summed E-state index contributed by atoms with van der Waals surface area (Å²) in [4.78, 5) is 136. The van der Waals surface area contributed by atoms with Gasteiger partial charge in [-0.15, -0.1) is 0 Å². The van der Waals surface area contributed by atoms with E-state index in [0.29, 0.717) is 37.1 Å². The Balaban J connectivity index is 1.86. The number of cyclic esters (lactones) is 2. The minimum absolute atomic E-state index is 0.0515. The molecule has 0 radical (unpaired) electrons. The molecule has 80 heavy (non-hydrogen) atoms. The number of fused-ring (bicyclic) bond motifs is 1. The van der Waals surface area contributed by atoms with Crippen LogP contribution in [0, 0.1) is 29.6 Å². The summed E-state index contributed by atoms with van der Waals surface area (Å²) < 4.78 is 23.0. The van der Waals surface area contributed by atoms with E-state index in [-0.39, 0.29) is 44.2 Å². The lowest BCUT2D eigenvalue weighted by molar-refractivity contribution is -0.163. The van der Waals surface area contributed by atoms with Gasteiger partial charge in [-0.25, -0.2) is 9.59 Å². The van der Waals surface area contributed by atoms with E-state index in [2.05, 4.69) is 16.0 Å². The van der Waals surface area contributed by atoms with Gasteiger partial charge in [0.1, 0.15) is 41.6 Å². The molecular weight excluding hydrogens is 1030 g/mol. The number of rotatable bonds is 15. The number of esters is 2. The summed E-state index contributed by atoms with van der Waals surface area (Å²) in [5.41, 5.74) is -0.149. The number of methoxy groups -OCH3 is 1. The fraction of sp³-hybridized carbons (Fsp3) is 0.712. The highest BCUT2D eigenvalue weighted by Crippen LogP contribution is 2.27. The summed E-state index contributed by atoms with van der Waals surface area (Å²) in [7, 11) is 4.67. The zero-order valence-electron chi connectivity index (χ0n) is 50.2. The van der Waals surface area contributed by atoms with E-state index in [1.807, 2.05) is 46.8 Å². The number of ether oxygens (including phenoxy) is 4. The Kier molecular flexibility index (Phi) is 24.6. The van der Waals surface area contributed by atoms with E-state index < -0.39 is 144 Å². The second-order valence-electron chi connectivity index (χ2n) is 24.2. The van der Waals surface area contributed by atoms with Gasteiger partial charge >= 0.3 is 18.0 Å². The van der Waals surface area contributed by atoms with Crippen molar-refractivity contribution in [2.24, 2.45) is 29.6 Å². The molecule has 3 aliphatic rings. The van der Waals surface area contributed by atoms with Crippen molar-refractivity contribution in [1.82, 2.24) is 35.6 Å². The molecule has 6 amide bonds. The molecule has 3 aliphatic heterocycles. The van der Waals surface area contributed by atoms with E-state index in [1.165, 1.54) is 37.8 Å². The number of Topliss-reactive ketones (excluding diaryl/α,β-unsaturated/α-hetero) is 1. The van der Waals surface area contributed by atoms with Crippen molar-refractivity contribution in [2.75, 3.05) is 40.8 Å². The third kappa shape index (κ3) is 18.2. The van der Waals surface area contributed by atoms with Crippen molar-refractivity contribution in [3.8, 4) is 5.75 Å². The van der Waals surface area contributed by atoms with E-state index in [1.54, 1.807) is 82.7 Å². The molecule has 4 rings (SSSR count). The van der Waals surface area contributed by atoms with Crippen LogP contribution in [-0.4, -0.2) is 185 Å². The summed E-state index contributed by atoms with van der Waals surface area (Å²) >= 11 is 0. The van der Waals surface area contributed by atoms with E-state index in [0.717, 1.165) is 0 Å². The largest absolute Gasteiger partial charge is 0.497 e. The molecule has 21 nitrogen and oxygen atoms in total. The van der Waals surface area contributed by atoms with Crippen molar-refractivity contribution >= 4 is 53.4 Å². The molecule has 12 atom stereocenters. The Labute approximate surface area is 473 Å². The molecule has 0 saturated carbocycles. The zero-order valence-corrected chi connectivity index (χ0v) is 50.2. The smallest absolute Gasteiger partial charge is 0.411 e. The molecule has 1 aromatic carbocycles. The van der Waals surface area contributed by atoms with Crippen LogP contribution in [0.3, 0.4) is 0 Å². The van der Waals surface area contributed by atoms with Gasteiger partial charge in [0.15, 0.2) is 11.9 Å². The van der Waals surface area contributed by atoms with Crippen LogP contribution in [0.25, 0.3) is 0 Å². The van der Waals surface area contributed by atoms with E-state index >= 15 is 4.79 Å². The molecule has 0 aliphatic carbocycles. The van der Waals surface area contributed by atoms with Gasteiger partial charge < -0.3 is 49.8 Å². The molecule has 2 saturated heterocycles. The van der Waals surface area contributed by atoms with Crippen molar-refractivity contribution in [3.05, 3.63) is 42.0 Å². The number of aliphatic hydroxyl groups is 1. The number of carbonyl (C=O) groups is 9. The molecule has 0 aromatic heterocycles. The van der Waals surface area contributed by atoms with Gasteiger partial charge in [-0.2, -0.15) is 0 Å². The lowest BCUT2D eigenvalue weighted by Gasteiger charge is -2.36. The number of likely N-dealkylation sites (N-methyl/N-ethyl adjacent to an activating group) is 2. The van der Waals surface area contributed by atoms with Gasteiger partial charge in [0.2, 0.25) is 29.5 Å². The highest BCUT2D eigenvalue weighted by atomic mass is 16.6. The molecule has 3 heterocycles. The average Bonchev–Trinajstić information content (AvgIpc) is 4.08. The molecule has 0 bridgehead atoms. The van der Waals surface area contributed by atoms with Crippen molar-refractivity contribution in [2.45, 2.75) is 201 Å². The Hall–Kier alpha value is -6.09. The van der Waals surface area contributed by atoms with Crippen LogP contribution in [0.5, 0.6) is 5.75 Å². The molecule has 4 N–H and O–H groups in total. The molecular formula is C59H93N7O14. The number of carbonyl (C=O) groups excluding carboxylic acids is 9. The predicted octanol–water partition coefficient (Wildman–Crippen LogP) is 4.59. The number of benzene rings is 1. The van der Waals surface area contributed by atoms with Crippen molar-refractivity contribution < 1.29 is 67.2 Å². The lowest BCUT2D eigenvalue weighted by Crippen LogP contribution is -2.61. The van der Waals surface area contributed by atoms with Gasteiger partial charge in [0.05, 0.1) is 43.7 Å². The fourth-order valence-corrected chi connectivity index (χ4v) is 10.3. The summed E-state index contributed by atoms with van der Waals surface area (Å²) in [5.74, 6) is -8.27. The van der Waals surface area contributed by atoms with Crippen LogP contribution >= 0.6 is 0 Å². The van der Waals surface area contributed by atoms with Crippen LogP contribution in [0.15, 0.2) is 36.4 Å². The summed E-state index contributed by atoms with van der Waals surface area (Å²) in [5, 5.41) is 20.4. The number of aliphatic hydroxyl groups excluding tert-OH is 1. The summed E-state index contributed by atoms with van der Waals surface area (Å²) in [6.07, 6.45) is -0.601. The third-order valence-corrected chi connectivity index (χ3v) is 15.2. The molecule has 2 fully saturated rings. The maximum atomic E-state index is 15.1. The normalized spacial score (nSPS) is 27.2. The monoisotopic (exact) mass is 1120 g/mol. The summed E-state index contributed by atoms with van der Waals surface area (Å²) in [6, 6.07) is -0.936.